The Morgan fingerprint density at radius 3 is 2.50 bits per heavy atom. The maximum Gasteiger partial charge on any atom is 0.283 e. The molecule has 1 aromatic carbocycles. The molecule has 0 atom stereocenters. The number of sulfonamides is 1. The number of benzene rings is 1. The lowest BCUT2D eigenvalue weighted by Crippen LogP contribution is -2.36. The van der Waals surface area contributed by atoms with E-state index in [1.165, 1.54) is 17.1 Å². The molecular formula is C28H33N7O4S. The molecule has 0 spiro atoms. The van der Waals surface area contributed by atoms with Gasteiger partial charge in [-0.3, -0.25) is 4.79 Å². The van der Waals surface area contributed by atoms with Crippen LogP contribution in [-0.2, 0) is 21.8 Å². The minimum absolute atomic E-state index is 0.0123. The Kier molecular flexibility index (Phi) is 7.05. The highest BCUT2D eigenvalue weighted by Crippen LogP contribution is 2.43. The minimum atomic E-state index is -4.18. The summed E-state index contributed by atoms with van der Waals surface area (Å²) in [6, 6.07) is 11.4. The third-order valence-electron chi connectivity index (χ3n) is 7.91. The number of carbonyl (C=O) groups is 1. The number of hydrogen-bond acceptors (Lipinski definition) is 8. The van der Waals surface area contributed by atoms with E-state index in [1.807, 2.05) is 30.3 Å². The van der Waals surface area contributed by atoms with Crippen molar-refractivity contribution in [2.45, 2.75) is 43.0 Å². The van der Waals surface area contributed by atoms with Gasteiger partial charge in [-0.15, -0.1) is 0 Å². The molecule has 40 heavy (non-hydrogen) atoms. The van der Waals surface area contributed by atoms with Crippen LogP contribution in [0.4, 0.5) is 5.69 Å². The molecule has 4 aromatic rings. The summed E-state index contributed by atoms with van der Waals surface area (Å²) in [4.78, 5) is 24.4. The summed E-state index contributed by atoms with van der Waals surface area (Å²) in [5, 5.41) is 5.75. The Hall–Kier alpha value is -3.77. The number of nitrogens with one attached hydrogen (secondary N) is 1. The fourth-order valence-electron chi connectivity index (χ4n) is 5.54. The SMILES string of the molecule is COCC1CCN(c2cc(C(=O)NS(=O)(=O)c3cn(C)cn3)nc3c2c(C2CCC2)nn3-c2ccccc2)CC1. The van der Waals surface area contributed by atoms with Crippen LogP contribution >= 0.6 is 0 Å². The number of imidazole rings is 1. The number of carbonyl (C=O) groups excluding carboxylic acids is 1. The molecule has 0 radical (unpaired) electrons. The smallest absolute Gasteiger partial charge is 0.283 e. The quantitative estimate of drug-likeness (QED) is 0.346. The van der Waals surface area contributed by atoms with Gasteiger partial charge in [-0.05, 0) is 49.8 Å². The first kappa shape index (κ1) is 26.5. The number of ether oxygens (including phenoxy) is 1. The highest BCUT2D eigenvalue weighted by molar-refractivity contribution is 7.90. The molecule has 11 nitrogen and oxygen atoms in total. The first-order valence-electron chi connectivity index (χ1n) is 13.6. The maximum atomic E-state index is 13.5. The molecule has 2 aliphatic rings. The molecule has 1 aliphatic heterocycles. The molecule has 1 N–H and O–H groups in total. The van der Waals surface area contributed by atoms with Crippen LogP contribution in [0.5, 0.6) is 0 Å². The number of hydrogen-bond donors (Lipinski definition) is 1. The number of nitrogens with zero attached hydrogens (tertiary/aromatic N) is 6. The normalized spacial score (nSPS) is 16.8. The van der Waals surface area contributed by atoms with Crippen molar-refractivity contribution >= 4 is 32.7 Å². The molecule has 210 valence electrons. The van der Waals surface area contributed by atoms with Crippen molar-refractivity contribution in [2.24, 2.45) is 13.0 Å². The van der Waals surface area contributed by atoms with Crippen molar-refractivity contribution in [1.82, 2.24) is 29.0 Å². The minimum Gasteiger partial charge on any atom is -0.384 e. The van der Waals surface area contributed by atoms with Crippen LogP contribution in [0.3, 0.4) is 0 Å². The van der Waals surface area contributed by atoms with Crippen LogP contribution < -0.4 is 9.62 Å². The molecule has 0 unspecified atom stereocenters. The van der Waals surface area contributed by atoms with Gasteiger partial charge in [0, 0.05) is 46.0 Å². The van der Waals surface area contributed by atoms with E-state index < -0.39 is 15.9 Å². The largest absolute Gasteiger partial charge is 0.384 e. The van der Waals surface area contributed by atoms with Crippen molar-refractivity contribution < 1.29 is 17.9 Å². The van der Waals surface area contributed by atoms with Crippen molar-refractivity contribution in [1.29, 1.82) is 0 Å². The van der Waals surface area contributed by atoms with Gasteiger partial charge in [0.1, 0.15) is 5.69 Å². The second kappa shape index (κ2) is 10.7. The van der Waals surface area contributed by atoms with Gasteiger partial charge in [0.2, 0.25) is 0 Å². The third-order valence-corrected chi connectivity index (χ3v) is 9.13. The van der Waals surface area contributed by atoms with Crippen LogP contribution in [-0.4, -0.2) is 65.4 Å². The van der Waals surface area contributed by atoms with Gasteiger partial charge < -0.3 is 14.2 Å². The topological polar surface area (TPSA) is 124 Å². The van der Waals surface area contributed by atoms with E-state index in [0.29, 0.717) is 17.5 Å². The zero-order valence-corrected chi connectivity index (χ0v) is 23.5. The van der Waals surface area contributed by atoms with E-state index >= 15 is 0 Å². The summed E-state index contributed by atoms with van der Waals surface area (Å²) in [7, 11) is -0.788. The van der Waals surface area contributed by atoms with E-state index in [1.54, 1.807) is 24.9 Å². The maximum absolute atomic E-state index is 13.5. The molecule has 1 aliphatic carbocycles. The Morgan fingerprint density at radius 2 is 1.88 bits per heavy atom. The van der Waals surface area contributed by atoms with E-state index in [2.05, 4.69) is 14.6 Å². The van der Waals surface area contributed by atoms with Gasteiger partial charge in [0.15, 0.2) is 10.7 Å². The molecule has 1 amide bonds. The van der Waals surface area contributed by atoms with Crippen LogP contribution in [0.1, 0.15) is 54.2 Å². The predicted octanol–water partition coefficient (Wildman–Crippen LogP) is 3.40. The molecule has 12 heteroatoms. The number of rotatable bonds is 8. The van der Waals surface area contributed by atoms with E-state index in [4.69, 9.17) is 14.8 Å². The number of para-hydroxylation sites is 1. The number of fused-ring (bicyclic) bond motifs is 1. The summed E-state index contributed by atoms with van der Waals surface area (Å²) in [5.74, 6) is -0.0136. The zero-order chi connectivity index (χ0) is 27.9. The number of anilines is 1. The highest BCUT2D eigenvalue weighted by Gasteiger charge is 2.32. The number of aryl methyl sites for hydroxylation is 1. The second-order valence-electron chi connectivity index (χ2n) is 10.7. The predicted molar refractivity (Wildman–Crippen MR) is 150 cm³/mol. The summed E-state index contributed by atoms with van der Waals surface area (Å²) in [6.07, 6.45) is 7.90. The zero-order valence-electron chi connectivity index (χ0n) is 22.7. The molecule has 1 saturated carbocycles. The van der Waals surface area contributed by atoms with E-state index in [9.17, 15) is 13.2 Å². The Morgan fingerprint density at radius 1 is 1.12 bits per heavy atom. The van der Waals surface area contributed by atoms with Crippen molar-refractivity contribution in [3.8, 4) is 5.69 Å². The number of pyridine rings is 1. The monoisotopic (exact) mass is 563 g/mol. The molecule has 0 bridgehead atoms. The Balaban J connectivity index is 1.47. The van der Waals surface area contributed by atoms with Gasteiger partial charge in [-0.1, -0.05) is 24.6 Å². The lowest BCUT2D eigenvalue weighted by molar-refractivity contribution is 0.0976. The fraction of sp³-hybridized carbons (Fsp3) is 0.429. The average Bonchev–Trinajstić information content (AvgIpc) is 3.53. The van der Waals surface area contributed by atoms with Crippen molar-refractivity contribution in [2.75, 3.05) is 31.7 Å². The van der Waals surface area contributed by atoms with Gasteiger partial charge >= 0.3 is 0 Å². The Labute approximate surface area is 233 Å². The summed E-state index contributed by atoms with van der Waals surface area (Å²) in [6.45, 7) is 2.31. The first-order chi connectivity index (χ1) is 19.3. The van der Waals surface area contributed by atoms with E-state index in [-0.39, 0.29) is 10.7 Å². The molecule has 1 saturated heterocycles. The summed E-state index contributed by atoms with van der Waals surface area (Å²) in [5.41, 5.74) is 3.24. The van der Waals surface area contributed by atoms with Crippen LogP contribution in [0, 0.1) is 5.92 Å². The number of aromatic nitrogens is 5. The molecule has 3 aromatic heterocycles. The van der Waals surface area contributed by atoms with Crippen LogP contribution in [0.15, 0.2) is 53.9 Å². The summed E-state index contributed by atoms with van der Waals surface area (Å²) < 4.78 is 36.7. The average molecular weight is 564 g/mol. The van der Waals surface area contributed by atoms with Crippen LogP contribution in [0.2, 0.25) is 0 Å². The van der Waals surface area contributed by atoms with Gasteiger partial charge in [-0.2, -0.15) is 13.5 Å². The standard InChI is InChI=1S/C28H33N7O4S/c1-33-16-24(29-18-33)40(37,38)32-28(36)22-15-23(34-13-11-19(12-14-34)17-39-2)25-26(20-7-6-8-20)31-35(27(25)30-22)21-9-4-3-5-10-21/h3-5,9-10,15-16,18-20H,6-8,11-14,17H2,1-2H3,(H,32,36). The fourth-order valence-corrected chi connectivity index (χ4v) is 6.48. The second-order valence-corrected chi connectivity index (χ2v) is 12.3. The summed E-state index contributed by atoms with van der Waals surface area (Å²) >= 11 is 0. The van der Waals surface area contributed by atoms with Crippen LogP contribution in [0.25, 0.3) is 16.7 Å². The molecule has 2 fully saturated rings. The molecular weight excluding hydrogens is 530 g/mol. The molecule has 6 rings (SSSR count). The van der Waals surface area contributed by atoms with Crippen molar-refractivity contribution in [3.05, 3.63) is 60.3 Å². The lowest BCUT2D eigenvalue weighted by atomic mass is 9.82. The third kappa shape index (κ3) is 4.97. The number of piperidine rings is 1. The van der Waals surface area contributed by atoms with E-state index in [0.717, 1.165) is 74.3 Å². The van der Waals surface area contributed by atoms with Gasteiger partial charge in [0.25, 0.3) is 15.9 Å². The lowest BCUT2D eigenvalue weighted by Gasteiger charge is -2.34. The van der Waals surface area contributed by atoms with Gasteiger partial charge in [0.05, 0.1) is 28.8 Å². The first-order valence-corrected chi connectivity index (χ1v) is 15.1. The number of methoxy groups -OCH3 is 1. The number of amides is 1. The van der Waals surface area contributed by atoms with Gasteiger partial charge in [-0.25, -0.2) is 19.4 Å². The Bertz CT molecular complexity index is 1640. The van der Waals surface area contributed by atoms with Crippen molar-refractivity contribution in [3.63, 3.8) is 0 Å². The highest BCUT2D eigenvalue weighted by atomic mass is 32.2. The molecule has 4 heterocycles.